The number of rotatable bonds is 11. The third-order valence-corrected chi connectivity index (χ3v) is 8.66. The Labute approximate surface area is 257 Å². The van der Waals surface area contributed by atoms with Crippen LogP contribution in [0.5, 0.6) is 11.5 Å². The maximum Gasteiger partial charge on any atom is 0.264 e. The molecule has 2 amide bonds. The van der Waals surface area contributed by atoms with E-state index in [1.807, 2.05) is 20.8 Å². The first kappa shape index (κ1) is 33.0. The molecule has 0 heterocycles. The molecule has 3 aromatic carbocycles. The Bertz CT molecular complexity index is 1520. The van der Waals surface area contributed by atoms with Gasteiger partial charge in [-0.2, -0.15) is 0 Å². The third-order valence-electron chi connectivity index (χ3n) is 6.30. The molecule has 1 N–H and O–H groups in total. The van der Waals surface area contributed by atoms with Crippen LogP contribution in [0.3, 0.4) is 0 Å². The van der Waals surface area contributed by atoms with E-state index >= 15 is 0 Å². The number of halogens is 2. The molecular weight excluding hydrogens is 601 g/mol. The van der Waals surface area contributed by atoms with E-state index in [-0.39, 0.29) is 22.9 Å². The predicted octanol–water partition coefficient (Wildman–Crippen LogP) is 5.54. The Morgan fingerprint density at radius 3 is 2.17 bits per heavy atom. The Hall–Kier alpha value is -3.47. The quantitative estimate of drug-likeness (QED) is 0.297. The van der Waals surface area contributed by atoms with Gasteiger partial charge >= 0.3 is 0 Å². The Morgan fingerprint density at radius 1 is 0.952 bits per heavy atom. The highest BCUT2D eigenvalue weighted by Crippen LogP contribution is 2.33. The number of hydrogen-bond donors (Lipinski definition) is 1. The minimum Gasteiger partial charge on any atom is -0.497 e. The van der Waals surface area contributed by atoms with Gasteiger partial charge in [0, 0.05) is 22.1 Å². The highest BCUT2D eigenvalue weighted by Gasteiger charge is 2.34. The van der Waals surface area contributed by atoms with Gasteiger partial charge in [0.2, 0.25) is 11.8 Å². The molecular formula is C30H35Cl2N3O6S. The van der Waals surface area contributed by atoms with Crippen LogP contribution < -0.4 is 19.1 Å². The maximum atomic E-state index is 14.1. The smallest absolute Gasteiger partial charge is 0.264 e. The first-order valence-electron chi connectivity index (χ1n) is 13.0. The molecule has 12 heteroatoms. The minimum absolute atomic E-state index is 0.0622. The fourth-order valence-electron chi connectivity index (χ4n) is 4.11. The molecule has 0 aliphatic heterocycles. The predicted molar refractivity (Wildman–Crippen MR) is 165 cm³/mol. The number of carbonyl (C=O) groups is 2. The zero-order valence-electron chi connectivity index (χ0n) is 24.4. The van der Waals surface area contributed by atoms with E-state index in [0.29, 0.717) is 21.4 Å². The zero-order valence-corrected chi connectivity index (χ0v) is 26.7. The van der Waals surface area contributed by atoms with Crippen molar-refractivity contribution in [3.05, 3.63) is 82.3 Å². The van der Waals surface area contributed by atoms with Crippen LogP contribution >= 0.6 is 23.2 Å². The van der Waals surface area contributed by atoms with Gasteiger partial charge in [-0.05, 0) is 81.8 Å². The van der Waals surface area contributed by atoms with Crippen LogP contribution in [0.2, 0.25) is 10.0 Å². The number of carbonyl (C=O) groups excluding carboxylic acids is 2. The van der Waals surface area contributed by atoms with Crippen LogP contribution in [0, 0.1) is 0 Å². The van der Waals surface area contributed by atoms with Gasteiger partial charge in [-0.3, -0.25) is 13.9 Å². The molecule has 1 atom stereocenters. The first-order valence-corrected chi connectivity index (χ1v) is 15.2. The molecule has 0 unspecified atom stereocenters. The summed E-state index contributed by atoms with van der Waals surface area (Å²) < 4.78 is 39.7. The molecule has 9 nitrogen and oxygen atoms in total. The standard InChI is InChI=1S/C30H35Cl2N3O6S/c1-20(29(37)33-30(2,3)4)34(18-21-11-12-22(31)17-25(21)32)28(36)19-35(26-9-7-8-10-27(26)41-6)42(38,39)24-15-13-23(40-5)14-16-24/h7-17,20H,18-19H2,1-6H3,(H,33,37)/t20-/m0/s1. The molecule has 42 heavy (non-hydrogen) atoms. The van der Waals surface area contributed by atoms with E-state index in [4.69, 9.17) is 32.7 Å². The van der Waals surface area contributed by atoms with Gasteiger partial charge in [0.1, 0.15) is 24.1 Å². The zero-order chi connectivity index (χ0) is 31.2. The highest BCUT2D eigenvalue weighted by atomic mass is 35.5. The van der Waals surface area contributed by atoms with Crippen molar-refractivity contribution in [1.29, 1.82) is 0 Å². The van der Waals surface area contributed by atoms with Crippen molar-refractivity contribution in [1.82, 2.24) is 10.2 Å². The van der Waals surface area contributed by atoms with E-state index in [0.717, 1.165) is 4.31 Å². The summed E-state index contributed by atoms with van der Waals surface area (Å²) in [7, 11) is -1.41. The summed E-state index contributed by atoms with van der Waals surface area (Å²) >= 11 is 12.5. The van der Waals surface area contributed by atoms with Gasteiger partial charge in [0.15, 0.2) is 0 Å². The van der Waals surface area contributed by atoms with Crippen molar-refractivity contribution >= 4 is 50.7 Å². The SMILES string of the molecule is COc1ccc(S(=O)(=O)N(CC(=O)N(Cc2ccc(Cl)cc2Cl)[C@@H](C)C(=O)NC(C)(C)C)c2ccccc2OC)cc1. The van der Waals surface area contributed by atoms with Gasteiger partial charge in [0.25, 0.3) is 10.0 Å². The average molecular weight is 637 g/mol. The largest absolute Gasteiger partial charge is 0.497 e. The number of hydrogen-bond acceptors (Lipinski definition) is 6. The number of methoxy groups -OCH3 is 2. The first-order chi connectivity index (χ1) is 19.7. The lowest BCUT2D eigenvalue weighted by Crippen LogP contribution is -2.54. The summed E-state index contributed by atoms with van der Waals surface area (Å²) in [5, 5.41) is 3.60. The Balaban J connectivity index is 2.10. The van der Waals surface area contributed by atoms with Crippen LogP contribution in [0.1, 0.15) is 33.3 Å². The second kappa shape index (κ2) is 13.7. The lowest BCUT2D eigenvalue weighted by molar-refractivity contribution is -0.140. The van der Waals surface area contributed by atoms with Crippen molar-refractivity contribution in [3.8, 4) is 11.5 Å². The second-order valence-corrected chi connectivity index (χ2v) is 13.2. The summed E-state index contributed by atoms with van der Waals surface area (Å²) in [6.07, 6.45) is 0. The monoisotopic (exact) mass is 635 g/mol. The number of ether oxygens (including phenoxy) is 2. The molecule has 0 aliphatic rings. The van der Waals surface area contributed by atoms with Crippen LogP contribution in [0.4, 0.5) is 5.69 Å². The number of sulfonamides is 1. The third kappa shape index (κ3) is 8.08. The number of benzene rings is 3. The topological polar surface area (TPSA) is 105 Å². The lowest BCUT2D eigenvalue weighted by atomic mass is 10.1. The number of para-hydroxylation sites is 2. The molecule has 226 valence electrons. The van der Waals surface area contributed by atoms with Crippen LogP contribution in [-0.2, 0) is 26.2 Å². The Kier molecular flexibility index (Phi) is 10.8. The molecule has 3 rings (SSSR count). The number of amides is 2. The average Bonchev–Trinajstić information content (AvgIpc) is 2.94. The molecule has 0 saturated heterocycles. The Morgan fingerprint density at radius 2 is 1.60 bits per heavy atom. The fourth-order valence-corrected chi connectivity index (χ4v) is 6.01. The summed E-state index contributed by atoms with van der Waals surface area (Å²) in [5.74, 6) is -0.338. The summed E-state index contributed by atoms with van der Waals surface area (Å²) in [6, 6.07) is 16.1. The van der Waals surface area contributed by atoms with E-state index < -0.39 is 40.0 Å². The molecule has 0 bridgehead atoms. The van der Waals surface area contributed by atoms with E-state index in [1.54, 1.807) is 43.3 Å². The molecule has 3 aromatic rings. The second-order valence-electron chi connectivity index (χ2n) is 10.5. The van der Waals surface area contributed by atoms with Gasteiger partial charge < -0.3 is 19.7 Å². The molecule has 0 saturated carbocycles. The van der Waals surface area contributed by atoms with Gasteiger partial charge in [-0.15, -0.1) is 0 Å². The van der Waals surface area contributed by atoms with Gasteiger partial charge in [0.05, 0.1) is 24.8 Å². The van der Waals surface area contributed by atoms with Gasteiger partial charge in [-0.25, -0.2) is 8.42 Å². The van der Waals surface area contributed by atoms with E-state index in [1.165, 1.54) is 49.5 Å². The highest BCUT2D eigenvalue weighted by molar-refractivity contribution is 7.92. The van der Waals surface area contributed by atoms with Crippen molar-refractivity contribution in [2.45, 2.75) is 50.7 Å². The van der Waals surface area contributed by atoms with Crippen molar-refractivity contribution in [2.24, 2.45) is 0 Å². The molecule has 0 radical (unpaired) electrons. The number of nitrogens with zero attached hydrogens (tertiary/aromatic N) is 2. The minimum atomic E-state index is -4.30. The van der Waals surface area contributed by atoms with Crippen molar-refractivity contribution < 1.29 is 27.5 Å². The van der Waals surface area contributed by atoms with Crippen LogP contribution in [0.15, 0.2) is 71.6 Å². The normalized spacial score (nSPS) is 12.3. The van der Waals surface area contributed by atoms with Gasteiger partial charge in [-0.1, -0.05) is 41.4 Å². The van der Waals surface area contributed by atoms with Crippen molar-refractivity contribution in [2.75, 3.05) is 25.1 Å². The van der Waals surface area contributed by atoms with Crippen LogP contribution in [0.25, 0.3) is 0 Å². The molecule has 0 aromatic heterocycles. The summed E-state index contributed by atoms with van der Waals surface area (Å²) in [4.78, 5) is 28.6. The number of anilines is 1. The van der Waals surface area contributed by atoms with E-state index in [2.05, 4.69) is 5.32 Å². The molecule has 0 spiro atoms. The number of nitrogens with one attached hydrogen (secondary N) is 1. The summed E-state index contributed by atoms with van der Waals surface area (Å²) in [5.41, 5.74) is 0.117. The molecule has 0 fully saturated rings. The summed E-state index contributed by atoms with van der Waals surface area (Å²) in [6.45, 7) is 6.34. The van der Waals surface area contributed by atoms with E-state index in [9.17, 15) is 18.0 Å². The van der Waals surface area contributed by atoms with Crippen molar-refractivity contribution in [3.63, 3.8) is 0 Å². The fraction of sp³-hybridized carbons (Fsp3) is 0.333. The molecule has 0 aliphatic carbocycles. The van der Waals surface area contributed by atoms with Crippen LogP contribution in [-0.4, -0.2) is 57.5 Å². The maximum absolute atomic E-state index is 14.1. The lowest BCUT2D eigenvalue weighted by Gasteiger charge is -2.34.